The van der Waals surface area contributed by atoms with Crippen molar-refractivity contribution in [1.29, 1.82) is 0 Å². The summed E-state index contributed by atoms with van der Waals surface area (Å²) in [5.74, 6) is -0.120. The van der Waals surface area contributed by atoms with Crippen LogP contribution in [0.25, 0.3) is 0 Å². The highest BCUT2D eigenvalue weighted by atomic mass is 32.1. The molecule has 5 nitrogen and oxygen atoms in total. The second-order valence-corrected chi connectivity index (χ2v) is 5.42. The van der Waals surface area contributed by atoms with E-state index in [1.54, 1.807) is 34.2 Å². The second kappa shape index (κ2) is 4.80. The minimum atomic E-state index is -0.120. The number of anilines is 1. The van der Waals surface area contributed by atoms with Crippen molar-refractivity contribution in [3.63, 3.8) is 0 Å². The van der Waals surface area contributed by atoms with E-state index in [2.05, 4.69) is 9.97 Å². The van der Waals surface area contributed by atoms with Crippen LogP contribution in [0.3, 0.4) is 0 Å². The number of carbonyl (C=O) groups excluding carboxylic acids is 1. The molecule has 2 aromatic rings. The maximum Gasteiger partial charge on any atom is 0.273 e. The Balaban J connectivity index is 2.08. The van der Waals surface area contributed by atoms with E-state index in [9.17, 15) is 4.79 Å². The minimum Gasteiger partial charge on any atom is -0.375 e. The summed E-state index contributed by atoms with van der Waals surface area (Å²) in [6.45, 7) is 2.48. The summed E-state index contributed by atoms with van der Waals surface area (Å²) in [6.07, 6.45) is 0. The zero-order valence-corrected chi connectivity index (χ0v) is 11.1. The van der Waals surface area contributed by atoms with Gasteiger partial charge >= 0.3 is 0 Å². The molecule has 0 radical (unpaired) electrons. The SMILES string of the molecule is Cc1ncsc1CN(C)C(=O)c1csc(N)n1. The molecule has 0 saturated carbocycles. The van der Waals surface area contributed by atoms with Crippen LogP contribution in [0.4, 0.5) is 5.13 Å². The van der Waals surface area contributed by atoms with Gasteiger partial charge in [-0.25, -0.2) is 9.97 Å². The third kappa shape index (κ3) is 2.62. The fourth-order valence-electron chi connectivity index (χ4n) is 1.35. The summed E-state index contributed by atoms with van der Waals surface area (Å²) >= 11 is 2.82. The van der Waals surface area contributed by atoms with E-state index in [4.69, 9.17) is 5.73 Å². The first-order chi connectivity index (χ1) is 8.08. The molecule has 2 N–H and O–H groups in total. The van der Waals surface area contributed by atoms with Gasteiger partial charge in [0.25, 0.3) is 5.91 Å². The van der Waals surface area contributed by atoms with Crippen LogP contribution in [0.15, 0.2) is 10.9 Å². The number of amides is 1. The maximum atomic E-state index is 12.0. The maximum absolute atomic E-state index is 12.0. The van der Waals surface area contributed by atoms with Crippen molar-refractivity contribution in [3.8, 4) is 0 Å². The smallest absolute Gasteiger partial charge is 0.273 e. The first-order valence-electron chi connectivity index (χ1n) is 4.93. The molecule has 0 spiro atoms. The zero-order valence-electron chi connectivity index (χ0n) is 9.51. The number of nitrogens with zero attached hydrogens (tertiary/aromatic N) is 3. The number of aryl methyl sites for hydroxylation is 1. The fourth-order valence-corrected chi connectivity index (χ4v) is 2.71. The van der Waals surface area contributed by atoms with Gasteiger partial charge in [0.15, 0.2) is 5.13 Å². The number of thiazole rings is 2. The van der Waals surface area contributed by atoms with Crippen molar-refractivity contribution in [2.75, 3.05) is 12.8 Å². The number of aromatic nitrogens is 2. The summed E-state index contributed by atoms with van der Waals surface area (Å²) in [5, 5.41) is 2.09. The molecule has 2 aromatic heterocycles. The molecule has 0 fully saturated rings. The Morgan fingerprint density at radius 1 is 1.53 bits per heavy atom. The lowest BCUT2D eigenvalue weighted by molar-refractivity contribution is 0.0781. The van der Waals surface area contributed by atoms with Crippen molar-refractivity contribution in [2.45, 2.75) is 13.5 Å². The fraction of sp³-hybridized carbons (Fsp3) is 0.300. The molecule has 17 heavy (non-hydrogen) atoms. The molecule has 0 aromatic carbocycles. The lowest BCUT2D eigenvalue weighted by atomic mass is 10.3. The Morgan fingerprint density at radius 2 is 2.29 bits per heavy atom. The molecule has 2 heterocycles. The van der Waals surface area contributed by atoms with Crippen LogP contribution in [-0.2, 0) is 6.54 Å². The Bertz CT molecular complexity index is 534. The van der Waals surface area contributed by atoms with E-state index in [0.29, 0.717) is 17.4 Å². The Hall–Kier alpha value is -1.47. The van der Waals surface area contributed by atoms with Crippen LogP contribution >= 0.6 is 22.7 Å². The van der Waals surface area contributed by atoms with Gasteiger partial charge in [0.05, 0.1) is 17.7 Å². The Labute approximate surface area is 107 Å². The van der Waals surface area contributed by atoms with Crippen LogP contribution in [0.2, 0.25) is 0 Å². The summed E-state index contributed by atoms with van der Waals surface area (Å²) < 4.78 is 0. The van der Waals surface area contributed by atoms with E-state index < -0.39 is 0 Å². The number of nitrogen functional groups attached to an aromatic ring is 1. The van der Waals surface area contributed by atoms with Crippen LogP contribution in [-0.4, -0.2) is 27.8 Å². The number of rotatable bonds is 3. The van der Waals surface area contributed by atoms with E-state index >= 15 is 0 Å². The highest BCUT2D eigenvalue weighted by Gasteiger charge is 2.16. The topological polar surface area (TPSA) is 72.1 Å². The first kappa shape index (κ1) is 12.0. The average molecular weight is 268 g/mol. The molecule has 1 amide bonds. The third-order valence-electron chi connectivity index (χ3n) is 2.31. The molecular weight excluding hydrogens is 256 g/mol. The zero-order chi connectivity index (χ0) is 12.4. The Kier molecular flexibility index (Phi) is 3.39. The summed E-state index contributed by atoms with van der Waals surface area (Å²) in [4.78, 5) is 22.8. The van der Waals surface area contributed by atoms with Crippen LogP contribution in [0.1, 0.15) is 21.1 Å². The summed E-state index contributed by atoms with van der Waals surface area (Å²) in [6, 6.07) is 0. The quantitative estimate of drug-likeness (QED) is 0.920. The van der Waals surface area contributed by atoms with Crippen molar-refractivity contribution >= 4 is 33.7 Å². The molecule has 2 rings (SSSR count). The number of hydrogen-bond donors (Lipinski definition) is 1. The molecule has 0 bridgehead atoms. The molecule has 0 aliphatic carbocycles. The summed E-state index contributed by atoms with van der Waals surface area (Å²) in [7, 11) is 1.75. The molecule has 0 atom stereocenters. The van der Waals surface area contributed by atoms with Crippen LogP contribution < -0.4 is 5.73 Å². The van der Waals surface area contributed by atoms with Gasteiger partial charge in [-0.15, -0.1) is 22.7 Å². The predicted octanol–water partition coefficient (Wildman–Crippen LogP) is 1.76. The third-order valence-corrected chi connectivity index (χ3v) is 3.91. The Morgan fingerprint density at radius 3 is 2.82 bits per heavy atom. The van der Waals surface area contributed by atoms with E-state index in [0.717, 1.165) is 10.6 Å². The van der Waals surface area contributed by atoms with Crippen molar-refractivity contribution in [1.82, 2.24) is 14.9 Å². The second-order valence-electron chi connectivity index (χ2n) is 3.59. The van der Waals surface area contributed by atoms with Gasteiger partial charge in [0, 0.05) is 17.3 Å². The van der Waals surface area contributed by atoms with Gasteiger partial charge in [-0.3, -0.25) is 4.79 Å². The number of hydrogen-bond acceptors (Lipinski definition) is 6. The van der Waals surface area contributed by atoms with E-state index in [1.165, 1.54) is 11.3 Å². The first-order valence-corrected chi connectivity index (χ1v) is 6.69. The molecule has 90 valence electrons. The summed E-state index contributed by atoms with van der Waals surface area (Å²) in [5.41, 5.74) is 8.65. The average Bonchev–Trinajstić information content (AvgIpc) is 2.88. The van der Waals surface area contributed by atoms with Crippen molar-refractivity contribution in [2.24, 2.45) is 0 Å². The lowest BCUT2D eigenvalue weighted by Crippen LogP contribution is -2.26. The van der Waals surface area contributed by atoms with Gasteiger partial charge in [-0.05, 0) is 6.92 Å². The van der Waals surface area contributed by atoms with Gasteiger partial charge < -0.3 is 10.6 Å². The number of carbonyl (C=O) groups is 1. The van der Waals surface area contributed by atoms with Crippen LogP contribution in [0, 0.1) is 6.92 Å². The molecule has 0 aliphatic heterocycles. The molecule has 0 unspecified atom stereocenters. The molecule has 7 heteroatoms. The lowest BCUT2D eigenvalue weighted by Gasteiger charge is -2.14. The van der Waals surface area contributed by atoms with Gasteiger partial charge in [0.2, 0.25) is 0 Å². The molecular formula is C10H12N4OS2. The minimum absolute atomic E-state index is 0.120. The highest BCUT2D eigenvalue weighted by Crippen LogP contribution is 2.17. The standard InChI is InChI=1S/C10H12N4OS2/c1-6-8(17-5-12-6)3-14(2)9(15)7-4-16-10(11)13-7/h4-5H,3H2,1-2H3,(H2,11,13). The largest absolute Gasteiger partial charge is 0.375 e. The van der Waals surface area contributed by atoms with Gasteiger partial charge in [0.1, 0.15) is 5.69 Å². The molecule has 0 saturated heterocycles. The van der Waals surface area contributed by atoms with E-state index in [1.807, 2.05) is 6.92 Å². The predicted molar refractivity (Wildman–Crippen MR) is 69.2 cm³/mol. The van der Waals surface area contributed by atoms with Crippen LogP contribution in [0.5, 0.6) is 0 Å². The number of nitrogens with two attached hydrogens (primary N) is 1. The normalized spacial score (nSPS) is 10.5. The molecule has 0 aliphatic rings. The van der Waals surface area contributed by atoms with Crippen molar-refractivity contribution < 1.29 is 4.79 Å². The monoisotopic (exact) mass is 268 g/mol. The highest BCUT2D eigenvalue weighted by molar-refractivity contribution is 7.13. The van der Waals surface area contributed by atoms with Gasteiger partial charge in [-0.1, -0.05) is 0 Å². The van der Waals surface area contributed by atoms with Gasteiger partial charge in [-0.2, -0.15) is 0 Å². The van der Waals surface area contributed by atoms with E-state index in [-0.39, 0.29) is 5.91 Å². The van der Waals surface area contributed by atoms with Crippen molar-refractivity contribution in [3.05, 3.63) is 27.2 Å².